The highest BCUT2D eigenvalue weighted by Gasteiger charge is 2.30. The molecule has 0 saturated heterocycles. The van der Waals surface area contributed by atoms with Crippen LogP contribution in [0.1, 0.15) is 24.5 Å². The highest BCUT2D eigenvalue weighted by atomic mass is 35.7. The normalized spacial score (nSPS) is 16.8. The quantitative estimate of drug-likeness (QED) is 0.771. The van der Waals surface area contributed by atoms with Gasteiger partial charge in [0.15, 0.2) is 0 Å². The minimum absolute atomic E-state index is 0.0215. The van der Waals surface area contributed by atoms with Crippen LogP contribution in [0.2, 0.25) is 0 Å². The smallest absolute Gasteiger partial charge is 0.262 e. The maximum Gasteiger partial charge on any atom is 0.262 e. The molecule has 2 heterocycles. The van der Waals surface area contributed by atoms with Gasteiger partial charge in [-0.25, -0.2) is 13.4 Å². The SMILES string of the molecule is O=S(=O)(Cl)c1cnc2onc(C3CC3)c2c1. The fourth-order valence-corrected chi connectivity index (χ4v) is 2.31. The van der Waals surface area contributed by atoms with Crippen LogP contribution in [0, 0.1) is 0 Å². The minimum atomic E-state index is -3.75. The van der Waals surface area contributed by atoms with Crippen molar-refractivity contribution in [1.29, 1.82) is 0 Å². The van der Waals surface area contributed by atoms with Crippen LogP contribution < -0.4 is 0 Å². The molecule has 1 aliphatic rings. The number of aromatic nitrogens is 2. The molecule has 5 nitrogen and oxygen atoms in total. The minimum Gasteiger partial charge on any atom is -0.336 e. The van der Waals surface area contributed by atoms with E-state index in [1.54, 1.807) is 0 Å². The van der Waals surface area contributed by atoms with E-state index in [0.717, 1.165) is 18.5 Å². The summed E-state index contributed by atoms with van der Waals surface area (Å²) in [5.41, 5.74) is 1.13. The Labute approximate surface area is 95.8 Å². The molecule has 3 rings (SSSR count). The van der Waals surface area contributed by atoms with Crippen LogP contribution in [-0.4, -0.2) is 18.6 Å². The van der Waals surface area contributed by atoms with E-state index in [9.17, 15) is 8.42 Å². The number of nitrogens with zero attached hydrogens (tertiary/aromatic N) is 2. The average molecular weight is 259 g/mol. The van der Waals surface area contributed by atoms with E-state index in [1.165, 1.54) is 12.3 Å². The lowest BCUT2D eigenvalue weighted by Gasteiger charge is -1.95. The predicted octanol–water partition coefficient (Wildman–Crippen LogP) is 2.03. The second-order valence-corrected chi connectivity index (χ2v) is 6.37. The Morgan fingerprint density at radius 1 is 1.44 bits per heavy atom. The lowest BCUT2D eigenvalue weighted by molar-refractivity contribution is 0.439. The van der Waals surface area contributed by atoms with Crippen molar-refractivity contribution in [3.05, 3.63) is 18.0 Å². The van der Waals surface area contributed by atoms with E-state index in [4.69, 9.17) is 15.2 Å². The summed E-state index contributed by atoms with van der Waals surface area (Å²) in [5, 5.41) is 4.55. The van der Waals surface area contributed by atoms with E-state index in [-0.39, 0.29) is 4.90 Å². The summed E-state index contributed by atoms with van der Waals surface area (Å²) in [6.45, 7) is 0. The summed E-state index contributed by atoms with van der Waals surface area (Å²) in [7, 11) is 1.50. The largest absolute Gasteiger partial charge is 0.336 e. The van der Waals surface area contributed by atoms with Gasteiger partial charge in [0.05, 0.1) is 17.3 Å². The highest BCUT2D eigenvalue weighted by Crippen LogP contribution is 2.42. The van der Waals surface area contributed by atoms with Gasteiger partial charge in [-0.3, -0.25) is 0 Å². The second kappa shape index (κ2) is 3.18. The zero-order chi connectivity index (χ0) is 11.3. The lowest BCUT2D eigenvalue weighted by atomic mass is 10.2. The molecule has 1 fully saturated rings. The van der Waals surface area contributed by atoms with Crippen LogP contribution in [0.5, 0.6) is 0 Å². The van der Waals surface area contributed by atoms with Crippen molar-refractivity contribution >= 4 is 30.8 Å². The van der Waals surface area contributed by atoms with Crippen LogP contribution in [0.4, 0.5) is 0 Å². The van der Waals surface area contributed by atoms with Crippen molar-refractivity contribution in [2.24, 2.45) is 0 Å². The Morgan fingerprint density at radius 3 is 2.81 bits per heavy atom. The molecule has 0 unspecified atom stereocenters. The molecule has 1 saturated carbocycles. The molecule has 0 aromatic carbocycles. The Hall–Kier alpha value is -1.14. The maximum absolute atomic E-state index is 11.2. The summed E-state index contributed by atoms with van der Waals surface area (Å²) in [6, 6.07) is 1.47. The number of hydrogen-bond donors (Lipinski definition) is 0. The van der Waals surface area contributed by atoms with Crippen molar-refractivity contribution in [2.45, 2.75) is 23.7 Å². The Bertz CT molecular complexity index is 660. The Kier molecular flexibility index (Phi) is 1.99. The predicted molar refractivity (Wildman–Crippen MR) is 56.8 cm³/mol. The summed E-state index contributed by atoms with van der Waals surface area (Å²) in [6.07, 6.45) is 3.28. The molecule has 2 aromatic rings. The molecule has 0 N–H and O–H groups in total. The molecule has 0 amide bonds. The van der Waals surface area contributed by atoms with Crippen molar-refractivity contribution < 1.29 is 12.9 Å². The van der Waals surface area contributed by atoms with Crippen LogP contribution in [0.15, 0.2) is 21.7 Å². The molecule has 0 radical (unpaired) electrons. The van der Waals surface area contributed by atoms with E-state index in [0.29, 0.717) is 17.0 Å². The zero-order valence-electron chi connectivity index (χ0n) is 8.05. The first-order chi connectivity index (χ1) is 7.55. The van der Waals surface area contributed by atoms with Gasteiger partial charge >= 0.3 is 0 Å². The average Bonchev–Trinajstić information content (AvgIpc) is 2.96. The number of fused-ring (bicyclic) bond motifs is 1. The third-order valence-corrected chi connectivity index (χ3v) is 3.90. The van der Waals surface area contributed by atoms with Gasteiger partial charge in [0, 0.05) is 16.6 Å². The molecule has 84 valence electrons. The zero-order valence-corrected chi connectivity index (χ0v) is 9.62. The topological polar surface area (TPSA) is 73.1 Å². The molecule has 0 bridgehead atoms. The van der Waals surface area contributed by atoms with Gasteiger partial charge in [-0.1, -0.05) is 5.16 Å². The van der Waals surface area contributed by atoms with Gasteiger partial charge in [-0.15, -0.1) is 0 Å². The monoisotopic (exact) mass is 258 g/mol. The maximum atomic E-state index is 11.2. The number of halogens is 1. The fourth-order valence-electron chi connectivity index (χ4n) is 1.62. The van der Waals surface area contributed by atoms with E-state index in [2.05, 4.69) is 10.1 Å². The van der Waals surface area contributed by atoms with Gasteiger partial charge in [0.25, 0.3) is 14.8 Å². The van der Waals surface area contributed by atoms with Crippen LogP contribution in [0.25, 0.3) is 11.1 Å². The van der Waals surface area contributed by atoms with Gasteiger partial charge in [0.2, 0.25) is 0 Å². The standard InChI is InChI=1S/C9H7ClN2O3S/c10-16(13,14)6-3-7-8(5-1-2-5)12-15-9(7)11-4-6/h3-5H,1-2H2. The first-order valence-electron chi connectivity index (χ1n) is 4.76. The van der Waals surface area contributed by atoms with Crippen molar-refractivity contribution in [1.82, 2.24) is 10.1 Å². The van der Waals surface area contributed by atoms with Gasteiger partial charge < -0.3 is 4.52 Å². The van der Waals surface area contributed by atoms with Crippen LogP contribution in [0.3, 0.4) is 0 Å². The third kappa shape index (κ3) is 1.58. The van der Waals surface area contributed by atoms with Gasteiger partial charge in [-0.2, -0.15) is 0 Å². The van der Waals surface area contributed by atoms with Gasteiger partial charge in [-0.05, 0) is 18.9 Å². The molecule has 16 heavy (non-hydrogen) atoms. The van der Waals surface area contributed by atoms with Gasteiger partial charge in [0.1, 0.15) is 4.90 Å². The fraction of sp³-hybridized carbons (Fsp3) is 0.333. The van der Waals surface area contributed by atoms with E-state index >= 15 is 0 Å². The Balaban J connectivity index is 2.25. The number of hydrogen-bond acceptors (Lipinski definition) is 5. The summed E-state index contributed by atoms with van der Waals surface area (Å²) >= 11 is 0. The third-order valence-electron chi connectivity index (χ3n) is 2.58. The summed E-state index contributed by atoms with van der Waals surface area (Å²) < 4.78 is 27.4. The Morgan fingerprint density at radius 2 is 2.19 bits per heavy atom. The number of rotatable bonds is 2. The molecule has 2 aromatic heterocycles. The molecule has 0 aliphatic heterocycles. The number of pyridine rings is 1. The molecular weight excluding hydrogens is 252 g/mol. The van der Waals surface area contributed by atoms with Crippen LogP contribution >= 0.6 is 10.7 Å². The molecule has 0 atom stereocenters. The van der Waals surface area contributed by atoms with E-state index < -0.39 is 9.05 Å². The molecule has 7 heteroatoms. The lowest BCUT2D eigenvalue weighted by Crippen LogP contribution is -1.92. The van der Waals surface area contributed by atoms with E-state index in [1.807, 2.05) is 0 Å². The summed E-state index contributed by atoms with van der Waals surface area (Å²) in [4.78, 5) is 3.86. The second-order valence-electron chi connectivity index (χ2n) is 3.80. The highest BCUT2D eigenvalue weighted by molar-refractivity contribution is 8.13. The van der Waals surface area contributed by atoms with Crippen molar-refractivity contribution in [2.75, 3.05) is 0 Å². The van der Waals surface area contributed by atoms with Crippen LogP contribution in [-0.2, 0) is 9.05 Å². The summed E-state index contributed by atoms with van der Waals surface area (Å²) in [5.74, 6) is 0.372. The molecular formula is C9H7ClN2O3S. The van der Waals surface area contributed by atoms with Crippen molar-refractivity contribution in [3.8, 4) is 0 Å². The molecule has 0 spiro atoms. The van der Waals surface area contributed by atoms with Crippen molar-refractivity contribution in [3.63, 3.8) is 0 Å². The first-order valence-corrected chi connectivity index (χ1v) is 7.06. The molecule has 1 aliphatic carbocycles. The first kappa shape index (κ1) is 10.0.